The molecule has 0 saturated carbocycles. The van der Waals surface area contributed by atoms with Gasteiger partial charge in [-0.15, -0.1) is 5.10 Å². The van der Waals surface area contributed by atoms with E-state index in [1.165, 1.54) is 15.6 Å². The van der Waals surface area contributed by atoms with Crippen LogP contribution in [0, 0.1) is 0 Å². The van der Waals surface area contributed by atoms with Gasteiger partial charge in [-0.2, -0.15) is 9.50 Å². The third-order valence-corrected chi connectivity index (χ3v) is 7.37. The number of likely N-dealkylation sites (tertiary alicyclic amines) is 1. The number of ether oxygens (including phenoxy) is 4. The van der Waals surface area contributed by atoms with Crippen LogP contribution < -0.4 is 14.2 Å². The number of hydrogen-bond donors (Lipinski definition) is 0. The van der Waals surface area contributed by atoms with Crippen molar-refractivity contribution in [3.8, 4) is 17.6 Å². The first-order chi connectivity index (χ1) is 20.5. The highest BCUT2D eigenvalue weighted by Gasteiger charge is 2.26. The monoisotopic (exact) mass is 568 g/mol. The van der Waals surface area contributed by atoms with Gasteiger partial charge in [0, 0.05) is 37.9 Å². The Hall–Kier alpha value is -4.54. The maximum atomic E-state index is 12.0. The van der Waals surface area contributed by atoms with Crippen LogP contribution in [-0.2, 0) is 14.3 Å². The number of aromatic nitrogens is 3. The van der Waals surface area contributed by atoms with Crippen molar-refractivity contribution in [3.63, 3.8) is 0 Å². The maximum Gasteiger partial charge on any atom is 0.337 e. The molecule has 2 aliphatic heterocycles. The van der Waals surface area contributed by atoms with Gasteiger partial charge in [0.05, 0.1) is 12.2 Å². The molecule has 2 aliphatic rings. The summed E-state index contributed by atoms with van der Waals surface area (Å²) in [6.07, 6.45) is 4.72. The summed E-state index contributed by atoms with van der Waals surface area (Å²) in [6, 6.07) is 24.2. The van der Waals surface area contributed by atoms with E-state index in [2.05, 4.69) is 63.5 Å². The molecule has 0 bridgehead atoms. The van der Waals surface area contributed by atoms with Crippen molar-refractivity contribution in [2.45, 2.75) is 44.5 Å². The van der Waals surface area contributed by atoms with Gasteiger partial charge in [-0.1, -0.05) is 60.7 Å². The Balaban J connectivity index is 1.02. The molecule has 1 saturated heterocycles. The smallest absolute Gasteiger partial charge is 0.337 e. The predicted molar refractivity (Wildman–Crippen MR) is 153 cm³/mol. The van der Waals surface area contributed by atoms with E-state index in [-0.39, 0.29) is 30.1 Å². The number of rotatable bonds is 9. The molecule has 42 heavy (non-hydrogen) atoms. The number of esters is 2. The molecule has 0 aliphatic carbocycles. The lowest BCUT2D eigenvalue weighted by Gasteiger charge is -2.34. The fourth-order valence-corrected chi connectivity index (χ4v) is 5.18. The fourth-order valence-electron chi connectivity index (χ4n) is 5.18. The highest BCUT2D eigenvalue weighted by atomic mass is 16.6. The van der Waals surface area contributed by atoms with Crippen LogP contribution in [0.15, 0.2) is 84.9 Å². The van der Waals surface area contributed by atoms with Gasteiger partial charge >= 0.3 is 11.9 Å². The minimum atomic E-state index is -0.721. The lowest BCUT2D eigenvalue weighted by molar-refractivity contribution is -0.133. The lowest BCUT2D eigenvalue weighted by atomic mass is 10.00. The van der Waals surface area contributed by atoms with E-state index in [0.717, 1.165) is 51.0 Å². The second-order valence-corrected chi connectivity index (χ2v) is 10.4. The number of carbonyl (C=O) groups is 2. The SMILES string of the molecule is CC(CCN1CCC(OC(c2ccccc2)c2ccccc2)CC1)Oc1ccc2nc3c(n2n1)OC(=O)/C=C/C(=O)O3. The third kappa shape index (κ3) is 6.50. The van der Waals surface area contributed by atoms with Gasteiger partial charge in [0.25, 0.3) is 11.8 Å². The fraction of sp³-hybridized carbons (Fsp3) is 0.312. The average molecular weight is 569 g/mol. The summed E-state index contributed by atoms with van der Waals surface area (Å²) in [4.78, 5) is 30.4. The standard InChI is InChI=1S/C32H32N4O6/c1-22(39-27-13-12-26-33-31-32(36(26)34-27)42-29(38)15-14-28(37)41-31)16-19-35-20-17-25(18-21-35)40-30(23-8-4-2-5-9-23)24-10-6-3-7-11-24/h2-15,22,25,30H,16-21H2,1H3/b15-14+. The Labute approximate surface area is 243 Å². The average Bonchev–Trinajstić information content (AvgIpc) is 3.33. The minimum Gasteiger partial charge on any atom is -0.474 e. The number of fused-ring (bicyclic) bond motifs is 3. The topological polar surface area (TPSA) is 104 Å². The van der Waals surface area contributed by atoms with Crippen molar-refractivity contribution in [2.75, 3.05) is 19.6 Å². The van der Waals surface area contributed by atoms with Crippen LogP contribution in [0.1, 0.15) is 43.4 Å². The molecule has 10 nitrogen and oxygen atoms in total. The van der Waals surface area contributed by atoms with Crippen molar-refractivity contribution >= 4 is 17.6 Å². The number of carbonyl (C=O) groups excluding carboxylic acids is 2. The normalized spacial score (nSPS) is 17.7. The Morgan fingerprint density at radius 2 is 1.52 bits per heavy atom. The zero-order chi connectivity index (χ0) is 28.9. The first-order valence-electron chi connectivity index (χ1n) is 14.2. The number of imidazole rings is 1. The molecule has 0 radical (unpaired) electrons. The van der Waals surface area contributed by atoms with E-state index in [0.29, 0.717) is 11.5 Å². The molecule has 2 aromatic carbocycles. The highest BCUT2D eigenvalue weighted by Crippen LogP contribution is 2.31. The molecule has 10 heteroatoms. The van der Waals surface area contributed by atoms with Crippen LogP contribution in [0.25, 0.3) is 5.65 Å². The second kappa shape index (κ2) is 12.5. The van der Waals surface area contributed by atoms with Crippen LogP contribution in [-0.4, -0.2) is 63.3 Å². The maximum absolute atomic E-state index is 12.0. The van der Waals surface area contributed by atoms with E-state index in [1.54, 1.807) is 12.1 Å². The molecule has 0 spiro atoms. The molecule has 4 aromatic rings. The molecular formula is C32H32N4O6. The molecule has 4 heterocycles. The zero-order valence-corrected chi connectivity index (χ0v) is 23.3. The molecule has 1 atom stereocenters. The summed E-state index contributed by atoms with van der Waals surface area (Å²) >= 11 is 0. The van der Waals surface area contributed by atoms with E-state index < -0.39 is 11.9 Å². The summed E-state index contributed by atoms with van der Waals surface area (Å²) in [7, 11) is 0. The van der Waals surface area contributed by atoms with Crippen molar-refractivity contribution in [1.82, 2.24) is 19.5 Å². The molecule has 1 unspecified atom stereocenters. The molecule has 6 rings (SSSR count). The molecular weight excluding hydrogens is 536 g/mol. The van der Waals surface area contributed by atoms with Crippen molar-refractivity contribution in [2.24, 2.45) is 0 Å². The molecule has 1 fully saturated rings. The van der Waals surface area contributed by atoms with E-state index in [1.807, 2.05) is 19.1 Å². The largest absolute Gasteiger partial charge is 0.474 e. The van der Waals surface area contributed by atoms with Crippen LogP contribution in [0.2, 0.25) is 0 Å². The van der Waals surface area contributed by atoms with Gasteiger partial charge < -0.3 is 23.8 Å². The quantitative estimate of drug-likeness (QED) is 0.269. The number of hydrogen-bond acceptors (Lipinski definition) is 9. The predicted octanol–water partition coefficient (Wildman–Crippen LogP) is 4.54. The molecule has 0 amide bonds. The molecule has 0 N–H and O–H groups in total. The van der Waals surface area contributed by atoms with Crippen LogP contribution in [0.5, 0.6) is 17.6 Å². The number of benzene rings is 2. The third-order valence-electron chi connectivity index (χ3n) is 7.37. The van der Waals surface area contributed by atoms with Crippen molar-refractivity contribution in [1.29, 1.82) is 0 Å². The molecule has 216 valence electrons. The Morgan fingerprint density at radius 1 is 0.881 bits per heavy atom. The van der Waals surface area contributed by atoms with Crippen LogP contribution >= 0.6 is 0 Å². The van der Waals surface area contributed by atoms with Crippen molar-refractivity contribution < 1.29 is 28.5 Å². The Bertz CT molecular complexity index is 1520. The first-order valence-corrected chi connectivity index (χ1v) is 14.2. The van der Waals surface area contributed by atoms with E-state index in [9.17, 15) is 9.59 Å². The second-order valence-electron chi connectivity index (χ2n) is 10.4. The molecule has 2 aromatic heterocycles. The van der Waals surface area contributed by atoms with Crippen LogP contribution in [0.4, 0.5) is 0 Å². The number of nitrogens with zero attached hydrogens (tertiary/aromatic N) is 4. The highest BCUT2D eigenvalue weighted by molar-refractivity contribution is 5.94. The van der Waals surface area contributed by atoms with Crippen LogP contribution in [0.3, 0.4) is 0 Å². The van der Waals surface area contributed by atoms with E-state index in [4.69, 9.17) is 18.9 Å². The summed E-state index contributed by atoms with van der Waals surface area (Å²) in [6.45, 7) is 4.80. The van der Waals surface area contributed by atoms with E-state index >= 15 is 0 Å². The summed E-state index contributed by atoms with van der Waals surface area (Å²) in [5, 5.41) is 4.41. The lowest BCUT2D eigenvalue weighted by Crippen LogP contribution is -2.39. The summed E-state index contributed by atoms with van der Waals surface area (Å²) in [5.74, 6) is -1.29. The van der Waals surface area contributed by atoms with Crippen molar-refractivity contribution in [3.05, 3.63) is 96.1 Å². The van der Waals surface area contributed by atoms with Gasteiger partial charge in [-0.25, -0.2) is 9.59 Å². The van der Waals surface area contributed by atoms with Gasteiger partial charge in [0.2, 0.25) is 5.88 Å². The first kappa shape index (κ1) is 27.6. The summed E-state index contributed by atoms with van der Waals surface area (Å²) in [5.41, 5.74) is 2.69. The van der Waals surface area contributed by atoms with Gasteiger partial charge in [-0.3, -0.25) is 0 Å². The number of piperidine rings is 1. The minimum absolute atomic E-state index is 0.0716. The Morgan fingerprint density at radius 3 is 2.19 bits per heavy atom. The Kier molecular flexibility index (Phi) is 8.25. The van der Waals surface area contributed by atoms with Gasteiger partial charge in [-0.05, 0) is 43.4 Å². The zero-order valence-electron chi connectivity index (χ0n) is 23.3. The van der Waals surface area contributed by atoms with Gasteiger partial charge in [0.1, 0.15) is 6.10 Å². The van der Waals surface area contributed by atoms with Gasteiger partial charge in [0.15, 0.2) is 5.65 Å². The summed E-state index contributed by atoms with van der Waals surface area (Å²) < 4.78 is 24.5.